The molecule has 0 saturated carbocycles. The van der Waals surface area contributed by atoms with Gasteiger partial charge in [-0.15, -0.1) is 44.9 Å². The molecule has 2 N–H and O–H groups in total. The summed E-state index contributed by atoms with van der Waals surface area (Å²) in [6.45, 7) is 11.8. The molecule has 3 aliphatic heterocycles. The first-order valence-corrected chi connectivity index (χ1v) is 14.9. The van der Waals surface area contributed by atoms with Crippen molar-refractivity contribution in [3.05, 3.63) is 83.6 Å². The van der Waals surface area contributed by atoms with Crippen molar-refractivity contribution in [1.29, 1.82) is 0 Å². The molecule has 230 valence electrons. The molecule has 8 bridgehead atoms. The van der Waals surface area contributed by atoms with Gasteiger partial charge in [-0.2, -0.15) is 0 Å². The first-order chi connectivity index (χ1) is 20.4. The summed E-state index contributed by atoms with van der Waals surface area (Å²) in [5.41, 5.74) is 6.36. The number of aliphatic hydroxyl groups is 1. The van der Waals surface area contributed by atoms with Gasteiger partial charge in [-0.05, 0) is 47.0 Å². The van der Waals surface area contributed by atoms with Crippen molar-refractivity contribution in [3.63, 3.8) is 0 Å². The molecule has 0 aromatic carbocycles. The number of aliphatic carboxylic acids is 1. The van der Waals surface area contributed by atoms with Crippen molar-refractivity contribution in [2.75, 3.05) is 0 Å². The van der Waals surface area contributed by atoms with E-state index in [-0.39, 0.29) is 42.8 Å². The maximum Gasteiger partial charge on any atom is 4.00 e. The van der Waals surface area contributed by atoms with Gasteiger partial charge in [0.05, 0.1) is 0 Å². The second-order valence-electron chi connectivity index (χ2n) is 11.9. The normalized spacial score (nSPS) is 25.9. The van der Waals surface area contributed by atoms with Gasteiger partial charge >= 0.3 is 29.0 Å². The van der Waals surface area contributed by atoms with Crippen molar-refractivity contribution >= 4 is 36.2 Å². The number of nitrogens with zero attached hydrogens (tertiary/aromatic N) is 4. The van der Waals surface area contributed by atoms with E-state index in [1.54, 1.807) is 19.1 Å². The predicted molar refractivity (Wildman–Crippen MR) is 163 cm³/mol. The van der Waals surface area contributed by atoms with Crippen LogP contribution in [0.2, 0.25) is 0 Å². The van der Waals surface area contributed by atoms with Crippen LogP contribution < -0.4 is 25.7 Å². The Hall–Kier alpha value is -3.72. The van der Waals surface area contributed by atoms with Crippen molar-refractivity contribution in [2.45, 2.75) is 91.3 Å². The Morgan fingerprint density at radius 1 is 0.841 bits per heavy atom. The summed E-state index contributed by atoms with van der Waals surface area (Å²) in [6.07, 6.45) is 9.67. The van der Waals surface area contributed by atoms with E-state index in [9.17, 15) is 19.8 Å². The van der Waals surface area contributed by atoms with Crippen molar-refractivity contribution < 1.29 is 41.6 Å². The quantitative estimate of drug-likeness (QED) is 0.322. The van der Waals surface area contributed by atoms with Crippen LogP contribution in [0.25, 0.3) is 29.6 Å². The van der Waals surface area contributed by atoms with Gasteiger partial charge in [0.25, 0.3) is 0 Å². The number of carbonyl (C=O) groups excluding carboxylic acids is 1. The summed E-state index contributed by atoms with van der Waals surface area (Å²) in [5, 5.41) is 28.1. The van der Waals surface area contributed by atoms with Crippen molar-refractivity contribution in [1.82, 2.24) is 15.0 Å². The number of carbonyl (C=O) groups is 2. The maximum absolute atomic E-state index is 12.5. The third-order valence-corrected chi connectivity index (χ3v) is 9.46. The Bertz CT molecular complexity index is 1870. The third-order valence-electron chi connectivity index (χ3n) is 9.46. The molecule has 9 nitrogen and oxygen atoms in total. The van der Waals surface area contributed by atoms with Gasteiger partial charge in [0.15, 0.2) is 0 Å². The Kier molecular flexibility index (Phi) is 8.16. The summed E-state index contributed by atoms with van der Waals surface area (Å²) < 4.78 is 5.92. The van der Waals surface area contributed by atoms with Crippen LogP contribution in [0.4, 0.5) is 0 Å². The molecule has 1 spiro atoms. The SMILES string of the molecule is CCc1c2[n-]c(c1C)/C=C1\[N-]/C(=C\c3[n-]c(c(C)c3CCC(=O)O)/C=c3\[n-]/c(c(C)c3CC)=C\2)[C@]2(CCC(=O)O2)[C@@]1(C)O.[Fe+4]. The largest absolute Gasteiger partial charge is 4.00 e. The first-order valence-electron chi connectivity index (χ1n) is 14.9. The number of carboxylic acids is 1. The Morgan fingerprint density at radius 3 is 2.05 bits per heavy atom. The Labute approximate surface area is 267 Å². The molecule has 3 aromatic rings. The van der Waals surface area contributed by atoms with E-state index in [4.69, 9.17) is 25.0 Å². The van der Waals surface area contributed by atoms with Crippen LogP contribution in [0.15, 0.2) is 11.4 Å². The summed E-state index contributed by atoms with van der Waals surface area (Å²) in [5.74, 6) is -1.32. The zero-order valence-corrected chi connectivity index (χ0v) is 26.9. The average molecular weight is 637 g/mol. The minimum absolute atomic E-state index is 0. The first kappa shape index (κ1) is 31.7. The van der Waals surface area contributed by atoms with Gasteiger partial charge in [0, 0.05) is 19.3 Å². The number of hydrogen-bond acceptors (Lipinski definition) is 4. The smallest absolute Gasteiger partial charge is 0.659 e. The van der Waals surface area contributed by atoms with Crippen LogP contribution >= 0.6 is 0 Å². The molecular weight excluding hydrogens is 600 g/mol. The molecule has 0 radical (unpaired) electrons. The fourth-order valence-corrected chi connectivity index (χ4v) is 6.83. The topological polar surface area (TPSA) is 140 Å². The molecule has 0 aliphatic carbocycles. The molecule has 10 heteroatoms. The molecule has 3 aromatic heterocycles. The average Bonchev–Trinajstić information content (AvgIpc) is 3.69. The molecule has 6 rings (SSSR count). The molecule has 2 fully saturated rings. The summed E-state index contributed by atoms with van der Waals surface area (Å²) in [6, 6.07) is 0. The summed E-state index contributed by atoms with van der Waals surface area (Å²) >= 11 is 0. The number of carboxylic acid groups (broad SMARTS) is 1. The molecule has 0 amide bonds. The van der Waals surface area contributed by atoms with Gasteiger partial charge < -0.3 is 35.2 Å². The summed E-state index contributed by atoms with van der Waals surface area (Å²) in [4.78, 5) is 39.1. The molecule has 44 heavy (non-hydrogen) atoms. The van der Waals surface area contributed by atoms with Gasteiger partial charge in [-0.3, -0.25) is 9.59 Å². The summed E-state index contributed by atoms with van der Waals surface area (Å²) in [7, 11) is 0. The number of hydrogen-bond donors (Lipinski definition) is 2. The Morgan fingerprint density at radius 2 is 1.43 bits per heavy atom. The van der Waals surface area contributed by atoms with Gasteiger partial charge in [0.2, 0.25) is 0 Å². The maximum atomic E-state index is 12.5. The van der Waals surface area contributed by atoms with Gasteiger partial charge in [0.1, 0.15) is 11.2 Å². The fourth-order valence-electron chi connectivity index (χ4n) is 6.83. The molecule has 2 saturated heterocycles. The molecule has 2 atom stereocenters. The molecular formula is C34H36FeN4O5. The van der Waals surface area contributed by atoms with E-state index in [0.29, 0.717) is 28.5 Å². The molecule has 6 heterocycles. The number of fused-ring (bicyclic) bond motifs is 9. The third kappa shape index (κ3) is 4.80. The van der Waals surface area contributed by atoms with E-state index >= 15 is 0 Å². The van der Waals surface area contributed by atoms with E-state index in [0.717, 1.165) is 62.6 Å². The number of ether oxygens (including phenoxy) is 1. The van der Waals surface area contributed by atoms with E-state index < -0.39 is 23.1 Å². The van der Waals surface area contributed by atoms with Crippen LogP contribution in [0.1, 0.15) is 96.2 Å². The van der Waals surface area contributed by atoms with Crippen molar-refractivity contribution in [2.24, 2.45) is 0 Å². The number of aromatic nitrogens is 3. The van der Waals surface area contributed by atoms with Crippen LogP contribution in [0.5, 0.6) is 0 Å². The number of esters is 1. The van der Waals surface area contributed by atoms with E-state index in [2.05, 4.69) is 20.8 Å². The van der Waals surface area contributed by atoms with Gasteiger partial charge in [-0.25, -0.2) is 0 Å². The number of rotatable bonds is 5. The molecule has 0 unspecified atom stereocenters. The van der Waals surface area contributed by atoms with Crippen molar-refractivity contribution in [3.8, 4) is 0 Å². The van der Waals surface area contributed by atoms with Crippen LogP contribution in [0, 0.1) is 20.8 Å². The van der Waals surface area contributed by atoms with E-state index in [1.165, 1.54) is 0 Å². The second-order valence-corrected chi connectivity index (χ2v) is 11.9. The molecule has 3 aliphatic rings. The fraction of sp³-hybridized carbons (Fsp3) is 0.412. The van der Waals surface area contributed by atoms with E-state index in [1.807, 2.05) is 26.0 Å². The standard InChI is InChI=1S/C34H36N4O5.Fe/c1-7-20-17(3)23-13-27-21(8-2)18(4)25(37-27)15-29-33(6,42)34(12-11-32(41)43-34)30(38-29)16-28-22(9-10-31(39)40)19(5)24(36-28)14-26(20)35-23;/h13-16,42H,7-12H2,1-6H3,(H,39,40);/q-4;+4/b23-13-,26-14-,29-15-,30-16-;/t33-,34+;/m0./s1. The zero-order valence-electron chi connectivity index (χ0n) is 25.8. The van der Waals surface area contributed by atoms with Crippen LogP contribution in [-0.2, 0) is 50.7 Å². The minimum atomic E-state index is -1.63. The minimum Gasteiger partial charge on any atom is -0.659 e. The Balaban J connectivity index is 0.00000384. The van der Waals surface area contributed by atoms with Crippen LogP contribution in [0.3, 0.4) is 0 Å². The van der Waals surface area contributed by atoms with Crippen LogP contribution in [-0.4, -0.2) is 33.4 Å². The zero-order chi connectivity index (χ0) is 30.8. The monoisotopic (exact) mass is 636 g/mol. The predicted octanol–water partition coefficient (Wildman–Crippen LogP) is 3.19. The van der Waals surface area contributed by atoms with Gasteiger partial charge in [-0.1, -0.05) is 71.5 Å². The second kappa shape index (κ2) is 11.3.